The summed E-state index contributed by atoms with van der Waals surface area (Å²) in [4.78, 5) is 18.1. The van der Waals surface area contributed by atoms with E-state index in [0.717, 1.165) is 11.3 Å². The van der Waals surface area contributed by atoms with E-state index in [0.29, 0.717) is 5.56 Å². The number of aromatic nitrogens is 3. The smallest absolute Gasteiger partial charge is 0.387 e. The number of methoxy groups -OCH3 is 1. The van der Waals surface area contributed by atoms with Crippen molar-refractivity contribution in [1.29, 1.82) is 0 Å². The Bertz CT molecular complexity index is 1040. The lowest BCUT2D eigenvalue weighted by molar-refractivity contribution is -0.126. The van der Waals surface area contributed by atoms with E-state index < -0.39 is 6.61 Å². The molecular formula is C22H22F2N4O3. The fourth-order valence-electron chi connectivity index (χ4n) is 2.93. The van der Waals surface area contributed by atoms with Crippen LogP contribution in [-0.4, -0.2) is 46.3 Å². The molecule has 1 unspecified atom stereocenters. The topological polar surface area (TPSA) is 69.5 Å². The maximum absolute atomic E-state index is 12.6. The molecule has 7 nitrogen and oxygen atoms in total. The molecule has 0 fully saturated rings. The lowest BCUT2D eigenvalue weighted by Gasteiger charge is -2.24. The highest BCUT2D eigenvalue weighted by atomic mass is 19.3. The number of carbonyl (C=O) groups is 1. The third kappa shape index (κ3) is 5.44. The predicted octanol–water partition coefficient (Wildman–Crippen LogP) is 4.11. The van der Waals surface area contributed by atoms with Crippen molar-refractivity contribution in [2.24, 2.45) is 0 Å². The van der Waals surface area contributed by atoms with Crippen LogP contribution in [0.3, 0.4) is 0 Å². The van der Waals surface area contributed by atoms with Crippen LogP contribution >= 0.6 is 0 Å². The van der Waals surface area contributed by atoms with E-state index in [2.05, 4.69) is 14.8 Å². The predicted molar refractivity (Wildman–Crippen MR) is 111 cm³/mol. The first-order valence-corrected chi connectivity index (χ1v) is 9.41. The highest BCUT2D eigenvalue weighted by Gasteiger charge is 2.16. The summed E-state index contributed by atoms with van der Waals surface area (Å²) in [6.45, 7) is -1.02. The Morgan fingerprint density at radius 1 is 1.16 bits per heavy atom. The third-order valence-corrected chi connectivity index (χ3v) is 4.81. The largest absolute Gasteiger partial charge is 0.493 e. The van der Waals surface area contributed by atoms with Crippen LogP contribution in [0.25, 0.3) is 11.8 Å². The number of likely N-dealkylation sites (N-methyl/N-ethyl adjacent to an activating group) is 1. The van der Waals surface area contributed by atoms with Crippen LogP contribution in [0.15, 0.2) is 61.2 Å². The van der Waals surface area contributed by atoms with Crippen molar-refractivity contribution >= 4 is 12.0 Å². The Hall–Kier alpha value is -3.75. The first-order chi connectivity index (χ1) is 14.9. The standard InChI is InChI=1S/C22H22F2N4O3/c1-15(17-6-8-18(9-7-17)28-14-25-13-26-28)27(2)21(29)11-5-16-4-10-19(31-22(23)24)20(12-16)30-3/h4-15,22H,1-3H3/b11-5+. The highest BCUT2D eigenvalue weighted by molar-refractivity contribution is 5.92. The van der Waals surface area contributed by atoms with Gasteiger partial charge in [0, 0.05) is 13.1 Å². The van der Waals surface area contributed by atoms with Gasteiger partial charge in [-0.1, -0.05) is 18.2 Å². The zero-order valence-electron chi connectivity index (χ0n) is 17.3. The first kappa shape index (κ1) is 21.9. The van der Waals surface area contributed by atoms with Crippen LogP contribution in [0.1, 0.15) is 24.1 Å². The monoisotopic (exact) mass is 428 g/mol. The minimum atomic E-state index is -2.95. The van der Waals surface area contributed by atoms with Crippen LogP contribution in [-0.2, 0) is 4.79 Å². The van der Waals surface area contributed by atoms with Crippen molar-refractivity contribution < 1.29 is 23.0 Å². The van der Waals surface area contributed by atoms with E-state index in [1.165, 1.54) is 31.6 Å². The highest BCUT2D eigenvalue weighted by Crippen LogP contribution is 2.30. The van der Waals surface area contributed by atoms with Crippen molar-refractivity contribution in [2.45, 2.75) is 19.6 Å². The number of carbonyl (C=O) groups excluding carboxylic acids is 1. The van der Waals surface area contributed by atoms with Gasteiger partial charge in [-0.3, -0.25) is 4.79 Å². The minimum absolute atomic E-state index is 0.0685. The summed E-state index contributed by atoms with van der Waals surface area (Å²) in [7, 11) is 3.07. The van der Waals surface area contributed by atoms with Crippen molar-refractivity contribution in [3.63, 3.8) is 0 Å². The van der Waals surface area contributed by atoms with Crippen LogP contribution in [0.5, 0.6) is 11.5 Å². The second-order valence-corrected chi connectivity index (χ2v) is 6.68. The Labute approximate surface area is 178 Å². The average Bonchev–Trinajstić information content (AvgIpc) is 3.32. The number of amides is 1. The van der Waals surface area contributed by atoms with Gasteiger partial charge in [0.1, 0.15) is 12.7 Å². The van der Waals surface area contributed by atoms with Gasteiger partial charge in [-0.2, -0.15) is 13.9 Å². The van der Waals surface area contributed by atoms with Crippen LogP contribution in [0.4, 0.5) is 8.78 Å². The summed E-state index contributed by atoms with van der Waals surface area (Å²) >= 11 is 0. The molecule has 162 valence electrons. The lowest BCUT2D eigenvalue weighted by atomic mass is 10.1. The molecule has 1 atom stereocenters. The quantitative estimate of drug-likeness (QED) is 0.505. The molecule has 3 rings (SSSR count). The molecule has 0 saturated heterocycles. The summed E-state index contributed by atoms with van der Waals surface area (Å²) in [5.41, 5.74) is 2.45. The Morgan fingerprint density at radius 2 is 1.90 bits per heavy atom. The zero-order valence-corrected chi connectivity index (χ0v) is 17.3. The average molecular weight is 428 g/mol. The van der Waals surface area contributed by atoms with Crippen molar-refractivity contribution in [1.82, 2.24) is 19.7 Å². The molecule has 0 aliphatic rings. The first-order valence-electron chi connectivity index (χ1n) is 9.41. The fourth-order valence-corrected chi connectivity index (χ4v) is 2.93. The number of halogens is 2. The summed E-state index contributed by atoms with van der Waals surface area (Å²) in [5.74, 6) is -0.120. The SMILES string of the molecule is COc1cc(/C=C/C(=O)N(C)C(C)c2ccc(-n3cncn3)cc2)ccc1OC(F)F. The number of hydrogen-bond donors (Lipinski definition) is 0. The molecule has 31 heavy (non-hydrogen) atoms. The second-order valence-electron chi connectivity index (χ2n) is 6.68. The van der Waals surface area contributed by atoms with Crippen molar-refractivity contribution in [2.75, 3.05) is 14.2 Å². The number of nitrogens with zero attached hydrogens (tertiary/aromatic N) is 4. The molecule has 3 aromatic rings. The van der Waals surface area contributed by atoms with Crippen molar-refractivity contribution in [3.05, 3.63) is 72.3 Å². The number of rotatable bonds is 8. The van der Waals surface area contributed by atoms with E-state index in [1.54, 1.807) is 35.1 Å². The molecule has 1 aromatic heterocycles. The zero-order chi connectivity index (χ0) is 22.4. The minimum Gasteiger partial charge on any atom is -0.493 e. The molecule has 9 heteroatoms. The van der Waals surface area contributed by atoms with Gasteiger partial charge < -0.3 is 14.4 Å². The van der Waals surface area contributed by atoms with Gasteiger partial charge in [0.25, 0.3) is 0 Å². The summed E-state index contributed by atoms with van der Waals surface area (Å²) < 4.78 is 36.0. The molecule has 2 aromatic carbocycles. The van der Waals surface area contributed by atoms with Gasteiger partial charge >= 0.3 is 6.61 Å². The Balaban J connectivity index is 1.67. The number of ether oxygens (including phenoxy) is 2. The van der Waals surface area contributed by atoms with Gasteiger partial charge in [-0.15, -0.1) is 0 Å². The molecule has 0 radical (unpaired) electrons. The summed E-state index contributed by atoms with van der Waals surface area (Å²) in [6.07, 6.45) is 6.08. The van der Waals surface area contributed by atoms with Gasteiger partial charge in [0.15, 0.2) is 11.5 Å². The van der Waals surface area contributed by atoms with Crippen LogP contribution in [0.2, 0.25) is 0 Å². The van der Waals surface area contributed by atoms with E-state index in [4.69, 9.17) is 4.74 Å². The molecule has 0 saturated carbocycles. The number of hydrogen-bond acceptors (Lipinski definition) is 5. The van der Waals surface area contributed by atoms with E-state index in [9.17, 15) is 13.6 Å². The third-order valence-electron chi connectivity index (χ3n) is 4.81. The van der Waals surface area contributed by atoms with Gasteiger partial charge in [0.05, 0.1) is 18.8 Å². The molecule has 0 aliphatic heterocycles. The Morgan fingerprint density at radius 3 is 2.52 bits per heavy atom. The summed E-state index contributed by atoms with van der Waals surface area (Å²) in [5, 5.41) is 4.09. The molecule has 1 amide bonds. The molecule has 0 N–H and O–H groups in total. The van der Waals surface area contributed by atoms with Crippen LogP contribution in [0, 0.1) is 0 Å². The molecular weight excluding hydrogens is 406 g/mol. The van der Waals surface area contributed by atoms with E-state index in [1.807, 2.05) is 31.2 Å². The second kappa shape index (κ2) is 9.84. The fraction of sp³-hybridized carbons (Fsp3) is 0.227. The van der Waals surface area contributed by atoms with Gasteiger partial charge in [0.2, 0.25) is 5.91 Å². The number of benzene rings is 2. The van der Waals surface area contributed by atoms with Crippen molar-refractivity contribution in [3.8, 4) is 17.2 Å². The van der Waals surface area contributed by atoms with Gasteiger partial charge in [-0.05, 0) is 48.4 Å². The normalized spacial score (nSPS) is 12.2. The lowest BCUT2D eigenvalue weighted by Crippen LogP contribution is -2.27. The molecule has 1 heterocycles. The van der Waals surface area contributed by atoms with Crippen LogP contribution < -0.4 is 9.47 Å². The molecule has 0 bridgehead atoms. The maximum atomic E-state index is 12.6. The Kier molecular flexibility index (Phi) is 6.96. The van der Waals surface area contributed by atoms with E-state index >= 15 is 0 Å². The number of alkyl halides is 2. The van der Waals surface area contributed by atoms with E-state index in [-0.39, 0.29) is 23.4 Å². The summed E-state index contributed by atoms with van der Waals surface area (Å²) in [6, 6.07) is 12.0. The molecule has 0 aliphatic carbocycles. The van der Waals surface area contributed by atoms with Gasteiger partial charge in [-0.25, -0.2) is 9.67 Å². The molecule has 0 spiro atoms. The maximum Gasteiger partial charge on any atom is 0.387 e.